The smallest absolute Gasteiger partial charge is 0.305 e. The summed E-state index contributed by atoms with van der Waals surface area (Å²) < 4.78 is 4.63. The Labute approximate surface area is 186 Å². The van der Waals surface area contributed by atoms with Gasteiger partial charge in [0.1, 0.15) is 5.78 Å². The first kappa shape index (κ1) is 25.3. The van der Waals surface area contributed by atoms with Crippen molar-refractivity contribution in [3.05, 3.63) is 48.0 Å². The van der Waals surface area contributed by atoms with Gasteiger partial charge in [-0.25, -0.2) is 0 Å². The van der Waals surface area contributed by atoms with Gasteiger partial charge in [0.15, 0.2) is 0 Å². The molecule has 0 saturated heterocycles. The molecule has 0 spiro atoms. The largest absolute Gasteiger partial charge is 0.469 e. The third-order valence-corrected chi connectivity index (χ3v) is 6.61. The lowest BCUT2D eigenvalue weighted by atomic mass is 9.84. The predicted octanol–water partition coefficient (Wildman–Crippen LogP) is 4.25. The summed E-state index contributed by atoms with van der Waals surface area (Å²) in [7, 11) is 1.38. The van der Waals surface area contributed by atoms with Gasteiger partial charge in [0.2, 0.25) is 0 Å². The number of methoxy groups -OCH3 is 1. The number of hydrogen-bond donors (Lipinski definition) is 2. The molecule has 5 nitrogen and oxygen atoms in total. The van der Waals surface area contributed by atoms with Crippen molar-refractivity contribution in [2.24, 2.45) is 17.3 Å². The standard InChI is InChI=1S/C26H38O5/c1-26(2)24(29)21(13-9-4-5-10-14-23(28)31-3)22(25(26)30)18-17-20(27)16-15-19-11-7-6-8-12-19/h4,6-9,11-12,20-22,25,27,30H,5,10,13-18H2,1-3H3/b9-4-/t20?,21-,22-,25+/m1/s1. The number of unbranched alkanes of at least 4 members (excludes halogenated alkanes) is 1. The van der Waals surface area contributed by atoms with Gasteiger partial charge in [-0.1, -0.05) is 56.3 Å². The highest BCUT2D eigenvalue weighted by molar-refractivity contribution is 5.90. The molecule has 5 heteroatoms. The van der Waals surface area contributed by atoms with E-state index in [-0.39, 0.29) is 23.6 Å². The number of allylic oxidation sites excluding steroid dienone is 2. The number of aryl methyl sites for hydroxylation is 1. The number of benzene rings is 1. The van der Waals surface area contributed by atoms with Gasteiger partial charge in [-0.3, -0.25) is 9.59 Å². The van der Waals surface area contributed by atoms with Crippen LogP contribution in [0.3, 0.4) is 0 Å². The van der Waals surface area contributed by atoms with Crippen LogP contribution in [0.1, 0.15) is 64.4 Å². The summed E-state index contributed by atoms with van der Waals surface area (Å²) in [5.41, 5.74) is 0.442. The lowest BCUT2D eigenvalue weighted by molar-refractivity contribution is -0.140. The van der Waals surface area contributed by atoms with Crippen molar-refractivity contribution in [2.75, 3.05) is 7.11 Å². The average Bonchev–Trinajstić information content (AvgIpc) is 2.93. The van der Waals surface area contributed by atoms with Gasteiger partial charge in [-0.2, -0.15) is 0 Å². The van der Waals surface area contributed by atoms with Crippen molar-refractivity contribution in [2.45, 2.75) is 77.4 Å². The van der Waals surface area contributed by atoms with Crippen LogP contribution < -0.4 is 0 Å². The van der Waals surface area contributed by atoms with E-state index in [1.165, 1.54) is 12.7 Å². The van der Waals surface area contributed by atoms with Gasteiger partial charge in [-0.05, 0) is 56.4 Å². The maximum atomic E-state index is 12.9. The number of carbonyl (C=O) groups is 2. The molecule has 2 N–H and O–H groups in total. The molecule has 1 aliphatic rings. The van der Waals surface area contributed by atoms with Gasteiger partial charge in [0.05, 0.1) is 19.3 Å². The van der Waals surface area contributed by atoms with E-state index in [0.29, 0.717) is 38.5 Å². The topological polar surface area (TPSA) is 83.8 Å². The van der Waals surface area contributed by atoms with E-state index in [1.807, 2.05) is 44.2 Å². The van der Waals surface area contributed by atoms with Gasteiger partial charge < -0.3 is 14.9 Å². The van der Waals surface area contributed by atoms with Crippen molar-refractivity contribution >= 4 is 11.8 Å². The first-order valence-electron chi connectivity index (χ1n) is 11.4. The first-order valence-corrected chi connectivity index (χ1v) is 11.4. The number of carbonyl (C=O) groups excluding carboxylic acids is 2. The number of rotatable bonds is 12. The van der Waals surface area contributed by atoms with Crippen LogP contribution >= 0.6 is 0 Å². The molecule has 1 aromatic carbocycles. The van der Waals surface area contributed by atoms with E-state index >= 15 is 0 Å². The van der Waals surface area contributed by atoms with Crippen molar-refractivity contribution in [1.29, 1.82) is 0 Å². The molecule has 1 fully saturated rings. The fraction of sp³-hybridized carbons (Fsp3) is 0.615. The molecule has 0 radical (unpaired) electrons. The molecular weight excluding hydrogens is 392 g/mol. The second-order valence-corrected chi connectivity index (χ2v) is 9.23. The van der Waals surface area contributed by atoms with E-state index in [9.17, 15) is 19.8 Å². The molecule has 0 bridgehead atoms. The summed E-state index contributed by atoms with van der Waals surface area (Å²) in [5.74, 6) is -0.491. The third kappa shape index (κ3) is 7.29. The fourth-order valence-corrected chi connectivity index (χ4v) is 4.55. The van der Waals surface area contributed by atoms with E-state index in [1.54, 1.807) is 0 Å². The Bertz CT molecular complexity index is 725. The number of Topliss-reactive ketones (excluding diaryl/α,β-unsaturated/α-hetero) is 1. The zero-order valence-electron chi connectivity index (χ0n) is 19.1. The highest BCUT2D eigenvalue weighted by Gasteiger charge is 2.53. The normalized spacial score (nSPS) is 23.9. The van der Waals surface area contributed by atoms with Crippen LogP contribution in [0.2, 0.25) is 0 Å². The van der Waals surface area contributed by atoms with Gasteiger partial charge in [-0.15, -0.1) is 0 Å². The minimum Gasteiger partial charge on any atom is -0.469 e. The van der Waals surface area contributed by atoms with Gasteiger partial charge >= 0.3 is 5.97 Å². The Hall–Kier alpha value is -1.98. The summed E-state index contributed by atoms with van der Waals surface area (Å²) in [6, 6.07) is 10.1. The van der Waals surface area contributed by atoms with Gasteiger partial charge in [0.25, 0.3) is 0 Å². The molecule has 172 valence electrons. The maximum absolute atomic E-state index is 12.9. The average molecular weight is 431 g/mol. The third-order valence-electron chi connectivity index (χ3n) is 6.61. The lowest BCUT2D eigenvalue weighted by Crippen LogP contribution is -2.32. The zero-order chi connectivity index (χ0) is 22.9. The molecule has 1 aromatic rings. The van der Waals surface area contributed by atoms with Crippen LogP contribution in [0.4, 0.5) is 0 Å². The van der Waals surface area contributed by atoms with Crippen molar-refractivity contribution < 1.29 is 24.5 Å². The van der Waals surface area contributed by atoms with Crippen LogP contribution in [0.15, 0.2) is 42.5 Å². The zero-order valence-corrected chi connectivity index (χ0v) is 19.1. The highest BCUT2D eigenvalue weighted by atomic mass is 16.5. The van der Waals surface area contributed by atoms with Crippen molar-refractivity contribution in [3.63, 3.8) is 0 Å². The summed E-state index contributed by atoms with van der Waals surface area (Å²) in [6.45, 7) is 3.64. The monoisotopic (exact) mass is 430 g/mol. The molecule has 0 heterocycles. The summed E-state index contributed by atoms with van der Waals surface area (Å²) in [4.78, 5) is 24.1. The van der Waals surface area contributed by atoms with Gasteiger partial charge in [0, 0.05) is 17.8 Å². The molecule has 0 aromatic heterocycles. The quantitative estimate of drug-likeness (QED) is 0.294. The van der Waals surface area contributed by atoms with Crippen LogP contribution in [-0.4, -0.2) is 41.3 Å². The molecule has 1 saturated carbocycles. The Morgan fingerprint density at radius 1 is 1.19 bits per heavy atom. The summed E-state index contributed by atoms with van der Waals surface area (Å²) >= 11 is 0. The molecule has 0 aliphatic heterocycles. The Kier molecular flexibility index (Phi) is 9.92. The number of aliphatic hydroxyl groups excluding tert-OH is 2. The molecule has 2 rings (SSSR count). The first-order chi connectivity index (χ1) is 14.8. The van der Waals surface area contributed by atoms with Crippen LogP contribution in [0.25, 0.3) is 0 Å². The number of ketones is 1. The molecule has 1 aliphatic carbocycles. The number of ether oxygens (including phenoxy) is 1. The SMILES string of the molecule is COC(=O)CCC/C=C\C[C@H]1C(=O)C(C)(C)[C@@H](O)[C@@H]1CCC(O)CCc1ccccc1. The molecule has 4 atom stereocenters. The van der Waals surface area contributed by atoms with E-state index in [2.05, 4.69) is 16.9 Å². The second-order valence-electron chi connectivity index (χ2n) is 9.23. The van der Waals surface area contributed by atoms with Crippen molar-refractivity contribution in [3.8, 4) is 0 Å². The van der Waals surface area contributed by atoms with E-state index < -0.39 is 17.6 Å². The van der Waals surface area contributed by atoms with E-state index in [4.69, 9.17) is 0 Å². The summed E-state index contributed by atoms with van der Waals surface area (Å²) in [6.07, 6.45) is 8.00. The Morgan fingerprint density at radius 3 is 2.58 bits per heavy atom. The van der Waals surface area contributed by atoms with Crippen LogP contribution in [0, 0.1) is 17.3 Å². The maximum Gasteiger partial charge on any atom is 0.305 e. The van der Waals surface area contributed by atoms with Crippen LogP contribution in [-0.2, 0) is 20.7 Å². The second kappa shape index (κ2) is 12.2. The molecule has 0 amide bonds. The van der Waals surface area contributed by atoms with E-state index in [0.717, 1.165) is 12.8 Å². The molecule has 1 unspecified atom stereocenters. The number of esters is 1. The molecule has 31 heavy (non-hydrogen) atoms. The minimum atomic E-state index is -0.761. The van der Waals surface area contributed by atoms with Crippen LogP contribution in [0.5, 0.6) is 0 Å². The number of aliphatic hydroxyl groups is 2. The predicted molar refractivity (Wildman–Crippen MR) is 121 cm³/mol. The summed E-state index contributed by atoms with van der Waals surface area (Å²) in [5, 5.41) is 21.3. The van der Waals surface area contributed by atoms with Crippen molar-refractivity contribution in [1.82, 2.24) is 0 Å². The highest BCUT2D eigenvalue weighted by Crippen LogP contribution is 2.46. The Balaban J connectivity index is 1.86. The fourth-order valence-electron chi connectivity index (χ4n) is 4.55. The number of hydrogen-bond acceptors (Lipinski definition) is 5. The molecular formula is C26H38O5. The Morgan fingerprint density at radius 2 is 1.90 bits per heavy atom. The lowest BCUT2D eigenvalue weighted by Gasteiger charge is -2.25. The minimum absolute atomic E-state index is 0.1000.